The second-order valence-corrected chi connectivity index (χ2v) is 8.74. The molecule has 0 saturated carbocycles. The number of phenolic OH excluding ortho intramolecular Hbond substituents is 1. The topological polar surface area (TPSA) is 63.6 Å². The van der Waals surface area contributed by atoms with Crippen LogP contribution in [0.1, 0.15) is 58.3 Å². The fraction of sp³-hybridized carbons (Fsp3) is 0.455. The lowest BCUT2D eigenvalue weighted by atomic mass is 10.1. The smallest absolute Gasteiger partial charge is 0.206 e. The molecule has 0 aliphatic rings. The zero-order valence-electron chi connectivity index (χ0n) is 16.1. The van der Waals surface area contributed by atoms with E-state index in [-0.39, 0.29) is 15.5 Å². The molecule has 0 saturated heterocycles. The van der Waals surface area contributed by atoms with Gasteiger partial charge in [-0.05, 0) is 55.0 Å². The predicted molar refractivity (Wildman–Crippen MR) is 108 cm³/mol. The summed E-state index contributed by atoms with van der Waals surface area (Å²) in [6, 6.07) is 12.0. The van der Waals surface area contributed by atoms with Crippen molar-refractivity contribution in [2.24, 2.45) is 0 Å². The average Bonchev–Trinajstić information content (AvgIpc) is 2.67. The molecule has 1 N–H and O–H groups in total. The van der Waals surface area contributed by atoms with Crippen molar-refractivity contribution in [3.05, 3.63) is 48.5 Å². The van der Waals surface area contributed by atoms with Gasteiger partial charge in [0.25, 0.3) is 0 Å². The number of ether oxygens (including phenoxy) is 1. The summed E-state index contributed by atoms with van der Waals surface area (Å²) in [6.45, 7) is 2.88. The molecule has 5 heteroatoms. The zero-order chi connectivity index (χ0) is 19.5. The van der Waals surface area contributed by atoms with Crippen LogP contribution in [0, 0.1) is 0 Å². The van der Waals surface area contributed by atoms with Crippen molar-refractivity contribution in [1.29, 1.82) is 0 Å². The molecule has 0 aliphatic heterocycles. The molecule has 0 radical (unpaired) electrons. The van der Waals surface area contributed by atoms with E-state index >= 15 is 0 Å². The second-order valence-electron chi connectivity index (χ2n) is 6.79. The van der Waals surface area contributed by atoms with Gasteiger partial charge in [0.2, 0.25) is 9.84 Å². The van der Waals surface area contributed by atoms with Gasteiger partial charge in [-0.25, -0.2) is 8.42 Å². The lowest BCUT2D eigenvalue weighted by molar-refractivity contribution is 0.304. The lowest BCUT2D eigenvalue weighted by Crippen LogP contribution is -2.02. The van der Waals surface area contributed by atoms with E-state index in [2.05, 4.69) is 6.92 Å². The molecular weight excluding hydrogens is 360 g/mol. The number of phenols is 1. The third-order valence-electron chi connectivity index (χ3n) is 4.55. The van der Waals surface area contributed by atoms with E-state index in [0.717, 1.165) is 6.42 Å². The van der Waals surface area contributed by atoms with Crippen LogP contribution in [0.5, 0.6) is 11.5 Å². The Morgan fingerprint density at radius 3 is 1.78 bits per heavy atom. The average molecular weight is 391 g/mol. The van der Waals surface area contributed by atoms with Gasteiger partial charge in [-0.1, -0.05) is 51.9 Å². The lowest BCUT2D eigenvalue weighted by Gasteiger charge is -2.08. The molecule has 0 spiro atoms. The Labute approximate surface area is 163 Å². The molecule has 2 aromatic rings. The van der Waals surface area contributed by atoms with Gasteiger partial charge >= 0.3 is 0 Å². The highest BCUT2D eigenvalue weighted by Crippen LogP contribution is 2.24. The van der Waals surface area contributed by atoms with Crippen molar-refractivity contribution >= 4 is 9.84 Å². The Kier molecular flexibility index (Phi) is 8.65. The molecule has 0 aliphatic carbocycles. The van der Waals surface area contributed by atoms with Gasteiger partial charge in [-0.15, -0.1) is 0 Å². The van der Waals surface area contributed by atoms with E-state index < -0.39 is 9.84 Å². The molecule has 0 heterocycles. The van der Waals surface area contributed by atoms with Gasteiger partial charge in [0.05, 0.1) is 16.4 Å². The van der Waals surface area contributed by atoms with Crippen LogP contribution in [0.25, 0.3) is 0 Å². The van der Waals surface area contributed by atoms with Crippen LogP contribution in [0.15, 0.2) is 58.3 Å². The van der Waals surface area contributed by atoms with Gasteiger partial charge in [0, 0.05) is 0 Å². The van der Waals surface area contributed by atoms with Crippen LogP contribution >= 0.6 is 0 Å². The predicted octanol–water partition coefficient (Wildman–Crippen LogP) is 5.74. The number of unbranched alkanes of at least 4 members (excludes halogenated alkanes) is 7. The van der Waals surface area contributed by atoms with Gasteiger partial charge in [0.1, 0.15) is 11.5 Å². The summed E-state index contributed by atoms with van der Waals surface area (Å²) in [5, 5.41) is 9.30. The van der Waals surface area contributed by atoms with Crippen molar-refractivity contribution in [2.45, 2.75) is 68.1 Å². The first kappa shape index (κ1) is 21.3. The summed E-state index contributed by atoms with van der Waals surface area (Å²) in [5.74, 6) is 0.723. The highest BCUT2D eigenvalue weighted by Gasteiger charge is 2.17. The Morgan fingerprint density at radius 2 is 1.22 bits per heavy atom. The van der Waals surface area contributed by atoms with Gasteiger partial charge < -0.3 is 9.84 Å². The maximum absolute atomic E-state index is 12.6. The molecule has 0 fully saturated rings. The van der Waals surface area contributed by atoms with E-state index in [1.807, 2.05) is 0 Å². The Bertz CT molecular complexity index is 765. The van der Waals surface area contributed by atoms with Crippen molar-refractivity contribution in [3.63, 3.8) is 0 Å². The molecular formula is C22H30O4S. The van der Waals surface area contributed by atoms with Crippen molar-refractivity contribution in [2.75, 3.05) is 6.61 Å². The van der Waals surface area contributed by atoms with E-state index in [9.17, 15) is 13.5 Å². The second kappa shape index (κ2) is 11.0. The quantitative estimate of drug-likeness (QED) is 0.469. The molecule has 0 bridgehead atoms. The van der Waals surface area contributed by atoms with Crippen molar-refractivity contribution in [3.8, 4) is 11.5 Å². The highest BCUT2D eigenvalue weighted by atomic mass is 32.2. The van der Waals surface area contributed by atoms with Gasteiger partial charge in [0.15, 0.2) is 0 Å². The Morgan fingerprint density at radius 1 is 0.741 bits per heavy atom. The molecule has 0 aromatic heterocycles. The van der Waals surface area contributed by atoms with Crippen LogP contribution in [0.3, 0.4) is 0 Å². The minimum atomic E-state index is -3.58. The number of benzene rings is 2. The van der Waals surface area contributed by atoms with Crippen LogP contribution in [-0.2, 0) is 9.84 Å². The van der Waals surface area contributed by atoms with E-state index in [1.54, 1.807) is 24.3 Å². The molecule has 27 heavy (non-hydrogen) atoms. The minimum absolute atomic E-state index is 0.0404. The third kappa shape index (κ3) is 6.90. The third-order valence-corrected chi connectivity index (χ3v) is 6.33. The molecule has 4 nitrogen and oxygen atoms in total. The van der Waals surface area contributed by atoms with Gasteiger partial charge in [-0.2, -0.15) is 0 Å². The Hall–Kier alpha value is -2.01. The Balaban J connectivity index is 1.76. The highest BCUT2D eigenvalue weighted by molar-refractivity contribution is 7.91. The summed E-state index contributed by atoms with van der Waals surface area (Å²) in [4.78, 5) is 0.375. The number of sulfone groups is 1. The fourth-order valence-electron chi connectivity index (χ4n) is 2.90. The molecule has 0 unspecified atom stereocenters. The number of aromatic hydroxyl groups is 1. The first-order valence-corrected chi connectivity index (χ1v) is 11.3. The molecule has 2 aromatic carbocycles. The van der Waals surface area contributed by atoms with Crippen LogP contribution in [0.4, 0.5) is 0 Å². The number of hydrogen-bond acceptors (Lipinski definition) is 4. The number of hydrogen-bond donors (Lipinski definition) is 1. The summed E-state index contributed by atoms with van der Waals surface area (Å²) >= 11 is 0. The van der Waals surface area contributed by atoms with Crippen LogP contribution in [0.2, 0.25) is 0 Å². The molecule has 0 amide bonds. The standard InChI is InChI=1S/C22H30O4S/c1-2-3-4-5-6-7-8-9-18-26-20-12-16-22(17-13-20)27(24,25)21-14-10-19(23)11-15-21/h10-17,23H,2-9,18H2,1H3. The van der Waals surface area contributed by atoms with E-state index in [0.29, 0.717) is 12.4 Å². The molecule has 2 rings (SSSR count). The van der Waals surface area contributed by atoms with Crippen molar-refractivity contribution in [1.82, 2.24) is 0 Å². The first-order chi connectivity index (χ1) is 13.0. The maximum Gasteiger partial charge on any atom is 0.206 e. The van der Waals surface area contributed by atoms with Crippen LogP contribution in [-0.4, -0.2) is 20.1 Å². The fourth-order valence-corrected chi connectivity index (χ4v) is 4.16. The summed E-state index contributed by atoms with van der Waals surface area (Å²) in [7, 11) is -3.58. The SMILES string of the molecule is CCCCCCCCCCOc1ccc(S(=O)(=O)c2ccc(O)cc2)cc1. The summed E-state index contributed by atoms with van der Waals surface area (Å²) in [5.41, 5.74) is 0. The van der Waals surface area contributed by atoms with Crippen LogP contribution < -0.4 is 4.74 Å². The number of rotatable bonds is 12. The summed E-state index contributed by atoms with van der Waals surface area (Å²) < 4.78 is 30.8. The zero-order valence-corrected chi connectivity index (χ0v) is 16.9. The summed E-state index contributed by atoms with van der Waals surface area (Å²) in [6.07, 6.45) is 10.0. The molecule has 148 valence electrons. The molecule has 0 atom stereocenters. The monoisotopic (exact) mass is 390 g/mol. The van der Waals surface area contributed by atoms with Gasteiger partial charge in [-0.3, -0.25) is 0 Å². The minimum Gasteiger partial charge on any atom is -0.508 e. The van der Waals surface area contributed by atoms with Crippen molar-refractivity contribution < 1.29 is 18.3 Å². The van der Waals surface area contributed by atoms with E-state index in [1.165, 1.54) is 69.2 Å². The van der Waals surface area contributed by atoms with E-state index in [4.69, 9.17) is 4.74 Å². The normalized spacial score (nSPS) is 11.4. The first-order valence-electron chi connectivity index (χ1n) is 9.81. The maximum atomic E-state index is 12.6. The largest absolute Gasteiger partial charge is 0.508 e.